The summed E-state index contributed by atoms with van der Waals surface area (Å²) in [7, 11) is 1.60. The Kier molecular flexibility index (Phi) is 5.32. The number of nitrogens with zero attached hydrogens (tertiary/aromatic N) is 1. The van der Waals surface area contributed by atoms with Gasteiger partial charge in [-0.2, -0.15) is 0 Å². The van der Waals surface area contributed by atoms with Crippen molar-refractivity contribution in [2.24, 2.45) is 5.92 Å². The van der Waals surface area contributed by atoms with E-state index in [0.29, 0.717) is 6.54 Å². The number of carbonyl (C=O) groups excluding carboxylic acids is 2. The van der Waals surface area contributed by atoms with Crippen molar-refractivity contribution in [1.82, 2.24) is 0 Å². The summed E-state index contributed by atoms with van der Waals surface area (Å²) in [5.74, 6) is 0.196. The third kappa shape index (κ3) is 3.75. The van der Waals surface area contributed by atoms with Crippen molar-refractivity contribution >= 4 is 39.1 Å². The van der Waals surface area contributed by atoms with Crippen molar-refractivity contribution in [3.8, 4) is 5.75 Å². The van der Waals surface area contributed by atoms with Crippen molar-refractivity contribution in [3.05, 3.63) is 52.0 Å². The Labute approximate surface area is 161 Å². The summed E-state index contributed by atoms with van der Waals surface area (Å²) in [5.41, 5.74) is 3.59. The Balaban J connectivity index is 1.71. The second kappa shape index (κ2) is 7.50. The zero-order chi connectivity index (χ0) is 18.8. The van der Waals surface area contributed by atoms with Crippen molar-refractivity contribution in [2.75, 3.05) is 23.9 Å². The Hall–Kier alpha value is -2.34. The van der Waals surface area contributed by atoms with Gasteiger partial charge in [0.1, 0.15) is 5.75 Å². The van der Waals surface area contributed by atoms with Gasteiger partial charge in [-0.3, -0.25) is 9.59 Å². The predicted octanol–water partition coefficient (Wildman–Crippen LogP) is 4.07. The van der Waals surface area contributed by atoms with Crippen LogP contribution in [0.2, 0.25) is 0 Å². The lowest BCUT2D eigenvalue weighted by molar-refractivity contribution is -0.122. The number of ether oxygens (including phenoxy) is 1. The van der Waals surface area contributed by atoms with Crippen LogP contribution in [0.5, 0.6) is 5.75 Å². The summed E-state index contributed by atoms with van der Waals surface area (Å²) in [4.78, 5) is 26.7. The van der Waals surface area contributed by atoms with Crippen LogP contribution in [0.3, 0.4) is 0 Å². The lowest BCUT2D eigenvalue weighted by atomic mass is 10.1. The fraction of sp³-hybridized carbons (Fsp3) is 0.300. The first-order chi connectivity index (χ1) is 12.4. The summed E-state index contributed by atoms with van der Waals surface area (Å²) in [6.07, 6.45) is 0.215. The van der Waals surface area contributed by atoms with E-state index < -0.39 is 0 Å². The lowest BCUT2D eigenvalue weighted by Crippen LogP contribution is -2.28. The van der Waals surface area contributed by atoms with Crippen LogP contribution in [0.4, 0.5) is 11.4 Å². The predicted molar refractivity (Wildman–Crippen MR) is 106 cm³/mol. The molecule has 1 N–H and O–H groups in total. The highest BCUT2D eigenvalue weighted by Crippen LogP contribution is 2.29. The van der Waals surface area contributed by atoms with Gasteiger partial charge in [-0.1, -0.05) is 15.9 Å². The fourth-order valence-electron chi connectivity index (χ4n) is 3.05. The molecule has 0 saturated carbocycles. The van der Waals surface area contributed by atoms with Gasteiger partial charge in [-0.05, 0) is 61.4 Å². The van der Waals surface area contributed by atoms with Crippen LogP contribution in [0, 0.1) is 19.8 Å². The number of hydrogen-bond acceptors (Lipinski definition) is 3. The van der Waals surface area contributed by atoms with E-state index in [9.17, 15) is 9.59 Å². The SMILES string of the molecule is COc1ccc(N2C[C@@H](C(=O)Nc3cc(C)c(Br)cc3C)CC2=O)cc1. The van der Waals surface area contributed by atoms with Gasteiger partial charge in [0.15, 0.2) is 0 Å². The average Bonchev–Trinajstić information content (AvgIpc) is 3.01. The van der Waals surface area contributed by atoms with E-state index in [2.05, 4.69) is 21.2 Å². The molecule has 1 aliphatic rings. The Bertz CT molecular complexity index is 849. The number of amides is 2. The summed E-state index contributed by atoms with van der Waals surface area (Å²) >= 11 is 3.49. The summed E-state index contributed by atoms with van der Waals surface area (Å²) in [6.45, 7) is 4.30. The summed E-state index contributed by atoms with van der Waals surface area (Å²) < 4.78 is 6.15. The molecular weight excluding hydrogens is 396 g/mol. The minimum atomic E-state index is -0.368. The topological polar surface area (TPSA) is 58.6 Å². The number of hydrogen-bond donors (Lipinski definition) is 1. The van der Waals surface area contributed by atoms with E-state index in [0.717, 1.165) is 32.7 Å². The molecule has 2 aromatic carbocycles. The molecule has 0 radical (unpaired) electrons. The van der Waals surface area contributed by atoms with E-state index in [1.165, 1.54) is 0 Å². The zero-order valence-corrected chi connectivity index (χ0v) is 16.6. The van der Waals surface area contributed by atoms with Crippen LogP contribution in [0.25, 0.3) is 0 Å². The maximum Gasteiger partial charge on any atom is 0.229 e. The van der Waals surface area contributed by atoms with Crippen LogP contribution < -0.4 is 15.0 Å². The first kappa shape index (κ1) is 18.5. The molecule has 1 saturated heterocycles. The van der Waals surface area contributed by atoms with Gasteiger partial charge in [0, 0.05) is 28.8 Å². The normalized spacial score (nSPS) is 16.7. The quantitative estimate of drug-likeness (QED) is 0.816. The van der Waals surface area contributed by atoms with E-state index >= 15 is 0 Å². The van der Waals surface area contributed by atoms with Gasteiger partial charge >= 0.3 is 0 Å². The second-order valence-electron chi connectivity index (χ2n) is 6.51. The molecule has 26 heavy (non-hydrogen) atoms. The first-order valence-electron chi connectivity index (χ1n) is 8.41. The van der Waals surface area contributed by atoms with Crippen LogP contribution >= 0.6 is 15.9 Å². The van der Waals surface area contributed by atoms with Gasteiger partial charge in [0.05, 0.1) is 13.0 Å². The van der Waals surface area contributed by atoms with E-state index in [-0.39, 0.29) is 24.2 Å². The number of aryl methyl sites for hydroxylation is 2. The first-order valence-corrected chi connectivity index (χ1v) is 9.20. The van der Waals surface area contributed by atoms with Gasteiger partial charge in [0.2, 0.25) is 11.8 Å². The second-order valence-corrected chi connectivity index (χ2v) is 7.36. The number of halogens is 1. The standard InChI is InChI=1S/C20H21BrN2O3/c1-12-9-18(13(2)8-17(12)21)22-20(25)14-10-19(24)23(11-14)15-4-6-16(26-3)7-5-15/h4-9,14H,10-11H2,1-3H3,(H,22,25)/t14-/m0/s1. The molecule has 3 rings (SSSR count). The maximum absolute atomic E-state index is 12.7. The van der Waals surface area contributed by atoms with E-state index in [1.54, 1.807) is 12.0 Å². The summed E-state index contributed by atoms with van der Waals surface area (Å²) in [5, 5.41) is 2.97. The molecule has 0 bridgehead atoms. The number of carbonyl (C=O) groups is 2. The van der Waals surface area contributed by atoms with E-state index in [1.807, 2.05) is 50.2 Å². The van der Waals surface area contributed by atoms with Crippen LogP contribution in [-0.2, 0) is 9.59 Å². The molecule has 5 nitrogen and oxygen atoms in total. The highest BCUT2D eigenvalue weighted by molar-refractivity contribution is 9.10. The number of rotatable bonds is 4. The van der Waals surface area contributed by atoms with Crippen molar-refractivity contribution < 1.29 is 14.3 Å². The van der Waals surface area contributed by atoms with Crippen LogP contribution in [0.15, 0.2) is 40.9 Å². The van der Waals surface area contributed by atoms with Crippen molar-refractivity contribution in [1.29, 1.82) is 0 Å². The molecule has 1 fully saturated rings. The molecular formula is C20H21BrN2O3. The van der Waals surface area contributed by atoms with Crippen molar-refractivity contribution in [2.45, 2.75) is 20.3 Å². The van der Waals surface area contributed by atoms with Gasteiger partial charge in [0.25, 0.3) is 0 Å². The smallest absolute Gasteiger partial charge is 0.229 e. The molecule has 0 aromatic heterocycles. The molecule has 136 valence electrons. The number of anilines is 2. The number of benzene rings is 2. The molecule has 0 unspecified atom stereocenters. The molecule has 1 atom stereocenters. The summed E-state index contributed by atoms with van der Waals surface area (Å²) in [6, 6.07) is 11.2. The highest BCUT2D eigenvalue weighted by atomic mass is 79.9. The fourth-order valence-corrected chi connectivity index (χ4v) is 3.50. The highest BCUT2D eigenvalue weighted by Gasteiger charge is 2.35. The molecule has 2 aromatic rings. The molecule has 1 aliphatic heterocycles. The Morgan fingerprint density at radius 1 is 1.19 bits per heavy atom. The van der Waals surface area contributed by atoms with E-state index in [4.69, 9.17) is 4.74 Å². The molecule has 1 heterocycles. The van der Waals surface area contributed by atoms with Gasteiger partial charge in [-0.15, -0.1) is 0 Å². The molecule has 0 spiro atoms. The minimum Gasteiger partial charge on any atom is -0.497 e. The molecule has 0 aliphatic carbocycles. The lowest BCUT2D eigenvalue weighted by Gasteiger charge is -2.17. The Morgan fingerprint density at radius 2 is 1.88 bits per heavy atom. The van der Waals surface area contributed by atoms with Crippen molar-refractivity contribution in [3.63, 3.8) is 0 Å². The third-order valence-corrected chi connectivity index (χ3v) is 5.50. The Morgan fingerprint density at radius 3 is 2.54 bits per heavy atom. The van der Waals surface area contributed by atoms with Crippen LogP contribution in [0.1, 0.15) is 17.5 Å². The van der Waals surface area contributed by atoms with Crippen LogP contribution in [-0.4, -0.2) is 25.5 Å². The zero-order valence-electron chi connectivity index (χ0n) is 15.0. The minimum absolute atomic E-state index is 0.0426. The molecule has 6 heteroatoms. The van der Waals surface area contributed by atoms with Gasteiger partial charge in [-0.25, -0.2) is 0 Å². The maximum atomic E-state index is 12.7. The average molecular weight is 417 g/mol. The number of nitrogens with one attached hydrogen (secondary N) is 1. The molecule has 2 amide bonds. The third-order valence-electron chi connectivity index (χ3n) is 4.64. The van der Waals surface area contributed by atoms with Gasteiger partial charge < -0.3 is 15.0 Å². The largest absolute Gasteiger partial charge is 0.497 e. The number of methoxy groups -OCH3 is 1. The monoisotopic (exact) mass is 416 g/mol.